The summed E-state index contributed by atoms with van der Waals surface area (Å²) in [6.45, 7) is 8.67. The molecule has 6 nitrogen and oxygen atoms in total. The van der Waals surface area contributed by atoms with E-state index in [2.05, 4.69) is 60.9 Å². The summed E-state index contributed by atoms with van der Waals surface area (Å²) in [7, 11) is 3.57. The van der Waals surface area contributed by atoms with Crippen LogP contribution in [0.2, 0.25) is 0 Å². The fourth-order valence-corrected chi connectivity index (χ4v) is 6.69. The molecule has 2 aliphatic heterocycles. The molecule has 0 radical (unpaired) electrons. The molecule has 2 unspecified atom stereocenters. The van der Waals surface area contributed by atoms with Crippen LogP contribution in [0.15, 0.2) is 46.2 Å². The van der Waals surface area contributed by atoms with Crippen LogP contribution in [0.3, 0.4) is 0 Å². The van der Waals surface area contributed by atoms with Gasteiger partial charge in [0.1, 0.15) is 0 Å². The molecule has 2 N–H and O–H groups in total. The number of hydrogen-bond donors (Lipinski definition) is 2. The monoisotopic (exact) mass is 532 g/mol. The van der Waals surface area contributed by atoms with Crippen molar-refractivity contribution in [3.63, 3.8) is 0 Å². The van der Waals surface area contributed by atoms with Crippen molar-refractivity contribution < 1.29 is 18.9 Å². The molecule has 0 aromatic heterocycles. The summed E-state index contributed by atoms with van der Waals surface area (Å²) in [4.78, 5) is 2.44. The van der Waals surface area contributed by atoms with Gasteiger partial charge in [0.05, 0.1) is 13.2 Å². The quantitative estimate of drug-likeness (QED) is 0.211. The summed E-state index contributed by atoms with van der Waals surface area (Å²) in [6, 6.07) is 13.1. The van der Waals surface area contributed by atoms with Gasteiger partial charge >= 0.3 is 0 Å². The molecular weight excluding hydrogens is 492 g/mol. The van der Waals surface area contributed by atoms with Crippen LogP contribution >= 0.6 is 21.6 Å². The molecule has 198 valence electrons. The number of aryl methyl sites for hydroxylation is 2. The first-order valence-electron chi connectivity index (χ1n) is 13.2. The lowest BCUT2D eigenvalue weighted by molar-refractivity contribution is -0.160. The van der Waals surface area contributed by atoms with Gasteiger partial charge in [0.15, 0.2) is 12.6 Å². The predicted octanol–water partition coefficient (Wildman–Crippen LogP) is 7.01. The number of ether oxygens (including phenoxy) is 4. The first-order valence-corrected chi connectivity index (χ1v) is 15.3. The fraction of sp³-hybridized carbons (Fsp3) is 0.571. The highest BCUT2D eigenvalue weighted by molar-refractivity contribution is 8.76. The minimum atomic E-state index is -0.0456. The maximum Gasteiger partial charge on any atom is 0.157 e. The van der Waals surface area contributed by atoms with E-state index in [9.17, 15) is 0 Å². The molecular formula is C28H40N2O4S2. The lowest BCUT2D eigenvalue weighted by atomic mass is 10.2. The molecule has 2 aromatic carbocycles. The Morgan fingerprint density at radius 3 is 1.61 bits per heavy atom. The lowest BCUT2D eigenvalue weighted by Crippen LogP contribution is -2.24. The molecule has 2 aliphatic rings. The zero-order chi connectivity index (χ0) is 25.0. The summed E-state index contributed by atoms with van der Waals surface area (Å²) in [5.74, 6) is 0. The van der Waals surface area contributed by atoms with E-state index in [4.69, 9.17) is 18.9 Å². The highest BCUT2D eigenvalue weighted by Crippen LogP contribution is 2.44. The lowest BCUT2D eigenvalue weighted by Gasteiger charge is -2.23. The van der Waals surface area contributed by atoms with Crippen LogP contribution in [0.25, 0.3) is 0 Å². The van der Waals surface area contributed by atoms with Crippen LogP contribution in [0.4, 0.5) is 11.4 Å². The number of anilines is 2. The van der Waals surface area contributed by atoms with Crippen LogP contribution in [-0.2, 0) is 18.9 Å². The third-order valence-electron chi connectivity index (χ3n) is 6.21. The Morgan fingerprint density at radius 2 is 1.19 bits per heavy atom. The number of hydrogen-bond acceptors (Lipinski definition) is 8. The van der Waals surface area contributed by atoms with Crippen molar-refractivity contribution in [3.05, 3.63) is 47.5 Å². The van der Waals surface area contributed by atoms with Crippen molar-refractivity contribution in [2.75, 3.05) is 50.2 Å². The van der Waals surface area contributed by atoms with E-state index in [1.807, 2.05) is 0 Å². The van der Waals surface area contributed by atoms with Crippen LogP contribution in [0.1, 0.15) is 49.7 Å². The van der Waals surface area contributed by atoms with Gasteiger partial charge in [0.25, 0.3) is 0 Å². The SMILES string of the molecule is Cc1ccc(NCCOC2CCCCO2)c(SSc2cc(C)ccc2NCCOC2CCCCO2)c1. The van der Waals surface area contributed by atoms with Crippen molar-refractivity contribution >= 4 is 33.0 Å². The normalized spacial score (nSPS) is 20.3. The Labute approximate surface area is 224 Å². The Hall–Kier alpha value is -1.42. The Kier molecular flexibility index (Phi) is 11.6. The summed E-state index contributed by atoms with van der Waals surface area (Å²) < 4.78 is 23.1. The Bertz CT molecular complexity index is 858. The molecule has 2 heterocycles. The van der Waals surface area contributed by atoms with E-state index in [1.54, 1.807) is 21.6 Å². The third-order valence-corrected chi connectivity index (χ3v) is 8.66. The standard InChI is InChI=1S/C28H40N2O4S2/c1-21-9-11-23(29-13-17-33-27-7-3-5-15-31-27)25(19-21)35-36-26-20-22(2)10-12-24(26)30-14-18-34-28-8-4-6-16-32-28/h9-12,19-20,27-30H,3-8,13-18H2,1-2H3. The molecule has 36 heavy (non-hydrogen) atoms. The summed E-state index contributed by atoms with van der Waals surface area (Å²) in [5, 5.41) is 7.11. The van der Waals surface area contributed by atoms with Gasteiger partial charge < -0.3 is 29.6 Å². The first kappa shape index (κ1) is 27.6. The Balaban J connectivity index is 1.28. The number of nitrogens with one attached hydrogen (secondary N) is 2. The van der Waals surface area contributed by atoms with Gasteiger partial charge in [-0.25, -0.2) is 0 Å². The average Bonchev–Trinajstić information content (AvgIpc) is 2.91. The van der Waals surface area contributed by atoms with E-state index >= 15 is 0 Å². The predicted molar refractivity (Wildman–Crippen MR) is 150 cm³/mol. The van der Waals surface area contributed by atoms with Gasteiger partial charge in [0.2, 0.25) is 0 Å². The molecule has 2 saturated heterocycles. The van der Waals surface area contributed by atoms with Crippen LogP contribution in [0, 0.1) is 13.8 Å². The molecule has 8 heteroatoms. The zero-order valence-electron chi connectivity index (χ0n) is 21.6. The minimum Gasteiger partial charge on any atom is -0.382 e. The molecule has 0 bridgehead atoms. The topological polar surface area (TPSA) is 61.0 Å². The molecule has 2 atom stereocenters. The molecule has 0 amide bonds. The average molecular weight is 533 g/mol. The summed E-state index contributed by atoms with van der Waals surface area (Å²) in [6.07, 6.45) is 6.55. The second-order valence-electron chi connectivity index (χ2n) is 9.35. The molecule has 4 rings (SSSR count). The first-order chi connectivity index (χ1) is 17.7. The molecule has 2 fully saturated rings. The van der Waals surface area contributed by atoms with Gasteiger partial charge in [-0.15, -0.1) is 0 Å². The highest BCUT2D eigenvalue weighted by atomic mass is 33.1. The van der Waals surface area contributed by atoms with Crippen molar-refractivity contribution in [1.82, 2.24) is 0 Å². The smallest absolute Gasteiger partial charge is 0.157 e. The van der Waals surface area contributed by atoms with E-state index in [0.29, 0.717) is 13.2 Å². The van der Waals surface area contributed by atoms with Crippen LogP contribution in [0.5, 0.6) is 0 Å². The van der Waals surface area contributed by atoms with E-state index in [1.165, 1.54) is 33.8 Å². The Morgan fingerprint density at radius 1 is 0.722 bits per heavy atom. The van der Waals surface area contributed by atoms with Crippen molar-refractivity contribution in [1.29, 1.82) is 0 Å². The van der Waals surface area contributed by atoms with Crippen molar-refractivity contribution in [2.45, 2.75) is 74.7 Å². The zero-order valence-corrected chi connectivity index (χ0v) is 23.2. The maximum atomic E-state index is 5.89. The van der Waals surface area contributed by atoms with Gasteiger partial charge in [-0.1, -0.05) is 33.7 Å². The highest BCUT2D eigenvalue weighted by Gasteiger charge is 2.15. The molecule has 0 aliphatic carbocycles. The fourth-order valence-electron chi connectivity index (χ4n) is 4.22. The third kappa shape index (κ3) is 9.15. The summed E-state index contributed by atoms with van der Waals surface area (Å²) in [5.41, 5.74) is 4.77. The van der Waals surface area contributed by atoms with Gasteiger partial charge in [-0.3, -0.25) is 0 Å². The van der Waals surface area contributed by atoms with E-state index in [0.717, 1.165) is 63.4 Å². The minimum absolute atomic E-state index is 0.0456. The largest absolute Gasteiger partial charge is 0.382 e. The van der Waals surface area contributed by atoms with Crippen molar-refractivity contribution in [2.24, 2.45) is 0 Å². The van der Waals surface area contributed by atoms with Gasteiger partial charge in [0, 0.05) is 47.5 Å². The maximum absolute atomic E-state index is 5.89. The van der Waals surface area contributed by atoms with Gasteiger partial charge in [-0.05, 0) is 87.8 Å². The van der Waals surface area contributed by atoms with Crippen molar-refractivity contribution in [3.8, 4) is 0 Å². The second kappa shape index (κ2) is 15.1. The number of rotatable bonds is 13. The summed E-state index contributed by atoms with van der Waals surface area (Å²) >= 11 is 0. The second-order valence-corrected chi connectivity index (χ2v) is 11.6. The van der Waals surface area contributed by atoms with E-state index in [-0.39, 0.29) is 12.6 Å². The molecule has 2 aromatic rings. The van der Waals surface area contributed by atoms with Crippen LogP contribution in [-0.4, -0.2) is 52.1 Å². The van der Waals surface area contributed by atoms with Crippen LogP contribution < -0.4 is 10.6 Å². The molecule has 0 saturated carbocycles. The van der Waals surface area contributed by atoms with Gasteiger partial charge in [-0.2, -0.15) is 0 Å². The van der Waals surface area contributed by atoms with E-state index < -0.39 is 0 Å². The number of benzene rings is 2. The molecule has 0 spiro atoms.